The summed E-state index contributed by atoms with van der Waals surface area (Å²) in [6.07, 6.45) is -4.53. The molecule has 0 radical (unpaired) electrons. The van der Waals surface area contributed by atoms with Gasteiger partial charge in [0.25, 0.3) is 0 Å². The molecule has 0 aromatic heterocycles. The molecule has 8 heteroatoms. The van der Waals surface area contributed by atoms with Gasteiger partial charge in [-0.15, -0.1) is 0 Å². The zero-order valence-corrected chi connectivity index (χ0v) is 12.4. The van der Waals surface area contributed by atoms with Crippen LogP contribution in [-0.4, -0.2) is 33.4 Å². The normalized spacial score (nSPS) is 16.8. The second-order valence-corrected chi connectivity index (χ2v) is 7.50. The van der Waals surface area contributed by atoms with E-state index in [1.165, 1.54) is 0 Å². The molecule has 0 spiro atoms. The van der Waals surface area contributed by atoms with Gasteiger partial charge in [-0.25, -0.2) is 8.93 Å². The summed E-state index contributed by atoms with van der Waals surface area (Å²) in [5.74, 6) is 0. The number of hydrogen-bond donors (Lipinski definition) is 1. The van der Waals surface area contributed by atoms with E-state index in [1.807, 2.05) is 0 Å². The summed E-state index contributed by atoms with van der Waals surface area (Å²) in [6, 6.07) is 0.665. The second kappa shape index (κ2) is 6.20. The van der Waals surface area contributed by atoms with Gasteiger partial charge in [0.2, 0.25) is 0 Å². The molecule has 0 fully saturated rings. The predicted octanol–water partition coefficient (Wildman–Crippen LogP) is 2.29. The molecule has 0 aliphatic rings. The lowest BCUT2D eigenvalue weighted by atomic mass is 10.1. The Labute approximate surface area is 113 Å². The standard InChI is InChI=1S/C11H19F3N2O2S/c1-9(2,3)19(17)16-8(6-15)7-18-10(4,5)11(12,13)14/h8,16H,7H2,1-5H3/t8-,19+/m0/s1. The molecule has 4 nitrogen and oxygen atoms in total. The van der Waals surface area contributed by atoms with Gasteiger partial charge in [-0.3, -0.25) is 0 Å². The molecular weight excluding hydrogens is 281 g/mol. The fourth-order valence-electron chi connectivity index (χ4n) is 0.777. The van der Waals surface area contributed by atoms with Crippen LogP contribution in [0.4, 0.5) is 13.2 Å². The monoisotopic (exact) mass is 300 g/mol. The molecule has 0 rings (SSSR count). The summed E-state index contributed by atoms with van der Waals surface area (Å²) < 4.78 is 55.9. The second-order valence-electron chi connectivity index (χ2n) is 5.50. The molecule has 0 aromatic carbocycles. The van der Waals surface area contributed by atoms with E-state index in [0.29, 0.717) is 0 Å². The van der Waals surface area contributed by atoms with Crippen molar-refractivity contribution >= 4 is 11.0 Å². The molecule has 0 bridgehead atoms. The summed E-state index contributed by atoms with van der Waals surface area (Å²) in [4.78, 5) is 0. The molecule has 0 aliphatic heterocycles. The van der Waals surface area contributed by atoms with Crippen molar-refractivity contribution in [2.75, 3.05) is 6.61 Å². The zero-order chi connectivity index (χ0) is 15.5. The third-order valence-corrected chi connectivity index (χ3v) is 3.87. The first-order valence-electron chi connectivity index (χ1n) is 5.59. The summed E-state index contributed by atoms with van der Waals surface area (Å²) in [6.45, 7) is 6.32. The van der Waals surface area contributed by atoms with E-state index < -0.39 is 40.2 Å². The van der Waals surface area contributed by atoms with E-state index in [-0.39, 0.29) is 0 Å². The van der Waals surface area contributed by atoms with Gasteiger partial charge >= 0.3 is 6.18 Å². The maximum Gasteiger partial charge on any atom is 0.416 e. The first kappa shape index (κ1) is 18.4. The lowest BCUT2D eigenvalue weighted by Crippen LogP contribution is -2.47. The van der Waals surface area contributed by atoms with Crippen LogP contribution in [0.3, 0.4) is 0 Å². The predicted molar refractivity (Wildman–Crippen MR) is 66.5 cm³/mol. The molecular formula is C11H19F3N2O2S. The maximum atomic E-state index is 12.6. The Bertz CT molecular complexity index is 370. The maximum absolute atomic E-state index is 12.6. The van der Waals surface area contributed by atoms with Gasteiger partial charge in [-0.05, 0) is 34.6 Å². The highest BCUT2D eigenvalue weighted by Crippen LogP contribution is 2.32. The molecule has 0 aromatic rings. The number of alkyl halides is 3. The van der Waals surface area contributed by atoms with Gasteiger partial charge in [-0.2, -0.15) is 18.4 Å². The molecule has 0 heterocycles. The van der Waals surface area contributed by atoms with Crippen LogP contribution in [-0.2, 0) is 15.7 Å². The number of nitrogens with one attached hydrogen (secondary N) is 1. The lowest BCUT2D eigenvalue weighted by Gasteiger charge is -2.29. The fraction of sp³-hybridized carbons (Fsp3) is 0.909. The third-order valence-electron chi connectivity index (χ3n) is 2.25. The Balaban J connectivity index is 4.55. The third kappa shape index (κ3) is 5.89. The van der Waals surface area contributed by atoms with Crippen LogP contribution in [0.5, 0.6) is 0 Å². The Morgan fingerprint density at radius 2 is 1.74 bits per heavy atom. The van der Waals surface area contributed by atoms with E-state index in [4.69, 9.17) is 10.00 Å². The minimum Gasteiger partial charge on any atom is -0.363 e. The average Bonchev–Trinajstić information content (AvgIpc) is 2.20. The van der Waals surface area contributed by atoms with Crippen LogP contribution in [0.15, 0.2) is 0 Å². The first-order valence-corrected chi connectivity index (χ1v) is 6.74. The van der Waals surface area contributed by atoms with Gasteiger partial charge in [-0.1, -0.05) is 0 Å². The van der Waals surface area contributed by atoms with Crippen molar-refractivity contribution in [3.8, 4) is 6.07 Å². The molecule has 2 atom stereocenters. The summed E-state index contributed by atoms with van der Waals surface area (Å²) >= 11 is 0. The van der Waals surface area contributed by atoms with Crippen molar-refractivity contribution in [3.05, 3.63) is 0 Å². The van der Waals surface area contributed by atoms with Gasteiger partial charge in [0.05, 0.1) is 28.4 Å². The van der Waals surface area contributed by atoms with Crippen molar-refractivity contribution < 1.29 is 22.1 Å². The van der Waals surface area contributed by atoms with Gasteiger partial charge in [0, 0.05) is 0 Å². The average molecular weight is 300 g/mol. The Hall–Kier alpha value is -0.650. The highest BCUT2D eigenvalue weighted by Gasteiger charge is 2.48. The van der Waals surface area contributed by atoms with Crippen LogP contribution in [0.25, 0.3) is 0 Å². The number of halogens is 3. The van der Waals surface area contributed by atoms with Crippen molar-refractivity contribution in [1.29, 1.82) is 5.26 Å². The van der Waals surface area contributed by atoms with Gasteiger partial charge < -0.3 is 4.74 Å². The number of nitrogens with zero attached hydrogens (tertiary/aromatic N) is 1. The quantitative estimate of drug-likeness (QED) is 0.847. The number of hydrogen-bond acceptors (Lipinski definition) is 3. The number of nitriles is 1. The van der Waals surface area contributed by atoms with E-state index in [0.717, 1.165) is 13.8 Å². The van der Waals surface area contributed by atoms with Crippen molar-refractivity contribution in [3.63, 3.8) is 0 Å². The summed E-state index contributed by atoms with van der Waals surface area (Å²) in [5, 5.41) is 8.83. The Morgan fingerprint density at radius 3 is 2.05 bits per heavy atom. The highest BCUT2D eigenvalue weighted by atomic mass is 32.2. The molecule has 0 saturated carbocycles. The molecule has 0 amide bonds. The van der Waals surface area contributed by atoms with Crippen LogP contribution in [0, 0.1) is 11.3 Å². The van der Waals surface area contributed by atoms with E-state index in [9.17, 15) is 17.4 Å². The van der Waals surface area contributed by atoms with E-state index in [1.54, 1.807) is 26.8 Å². The SMILES string of the molecule is CC(C)(C)[S@@](=O)N[C@@H](C#N)COC(C)(C)C(F)(F)F. The molecule has 1 N–H and O–H groups in total. The van der Waals surface area contributed by atoms with Gasteiger partial charge in [0.15, 0.2) is 5.60 Å². The van der Waals surface area contributed by atoms with Crippen LogP contribution < -0.4 is 4.72 Å². The Morgan fingerprint density at radius 1 is 1.26 bits per heavy atom. The Kier molecular flexibility index (Phi) is 5.99. The van der Waals surface area contributed by atoms with Crippen molar-refractivity contribution in [1.82, 2.24) is 4.72 Å². The van der Waals surface area contributed by atoms with Gasteiger partial charge in [0.1, 0.15) is 6.04 Å². The minimum absolute atomic E-state index is 0.495. The topological polar surface area (TPSA) is 62.1 Å². The van der Waals surface area contributed by atoms with Crippen LogP contribution in [0.2, 0.25) is 0 Å². The molecule has 0 saturated heterocycles. The molecule has 19 heavy (non-hydrogen) atoms. The van der Waals surface area contributed by atoms with Crippen LogP contribution >= 0.6 is 0 Å². The first-order chi connectivity index (χ1) is 8.31. The highest BCUT2D eigenvalue weighted by molar-refractivity contribution is 7.84. The number of rotatable bonds is 5. The van der Waals surface area contributed by atoms with Crippen LogP contribution in [0.1, 0.15) is 34.6 Å². The minimum atomic E-state index is -4.53. The summed E-state index contributed by atoms with van der Waals surface area (Å²) in [7, 11) is -1.55. The number of ether oxygens (including phenoxy) is 1. The van der Waals surface area contributed by atoms with E-state index >= 15 is 0 Å². The molecule has 0 aliphatic carbocycles. The largest absolute Gasteiger partial charge is 0.416 e. The lowest BCUT2D eigenvalue weighted by molar-refractivity contribution is -0.263. The van der Waals surface area contributed by atoms with E-state index in [2.05, 4.69) is 4.72 Å². The van der Waals surface area contributed by atoms with Crippen molar-refractivity contribution in [2.45, 2.75) is 57.2 Å². The molecule has 112 valence electrons. The zero-order valence-electron chi connectivity index (χ0n) is 11.6. The smallest absolute Gasteiger partial charge is 0.363 e. The molecule has 0 unspecified atom stereocenters. The fourth-order valence-corrected chi connectivity index (χ4v) is 1.51. The summed E-state index contributed by atoms with van der Waals surface area (Å²) in [5.41, 5.74) is -2.35. The van der Waals surface area contributed by atoms with Crippen molar-refractivity contribution in [2.24, 2.45) is 0 Å².